The van der Waals surface area contributed by atoms with Gasteiger partial charge in [0.1, 0.15) is 6.33 Å². The molecule has 4 heteroatoms. The Kier molecular flexibility index (Phi) is 1.79. The molecule has 48 valence electrons. The van der Waals surface area contributed by atoms with Gasteiger partial charge in [-0.15, -0.1) is 0 Å². The third-order valence-corrected chi connectivity index (χ3v) is 1.31. The van der Waals surface area contributed by atoms with Crippen LogP contribution in [-0.2, 0) is 0 Å². The Morgan fingerprint density at radius 2 is 2.56 bits per heavy atom. The first kappa shape index (κ1) is 6.22. The van der Waals surface area contributed by atoms with E-state index >= 15 is 0 Å². The number of hydrogen-bond acceptors (Lipinski definition) is 2. The van der Waals surface area contributed by atoms with Gasteiger partial charge in [-0.1, -0.05) is 12.2 Å². The molecule has 0 saturated carbocycles. The highest BCUT2D eigenvalue weighted by Crippen LogP contribution is 1.82. The maximum atomic E-state index is 4.68. The zero-order valence-electron chi connectivity index (χ0n) is 5.06. The molecule has 0 aliphatic rings. The lowest BCUT2D eigenvalue weighted by molar-refractivity contribution is 0.813. The van der Waals surface area contributed by atoms with Crippen molar-refractivity contribution in [2.45, 2.75) is 0 Å². The zero-order valence-corrected chi connectivity index (χ0v) is 5.88. The Labute approximate surface area is 58.9 Å². The van der Waals surface area contributed by atoms with Gasteiger partial charge in [-0.25, -0.2) is 9.66 Å². The third kappa shape index (κ3) is 1.26. The molecule has 0 unspecified atom stereocenters. The predicted octanol–water partition coefficient (Wildman–Crippen LogP) is 0.408. The molecule has 1 heterocycles. The monoisotopic (exact) mass is 141 g/mol. The SMILES string of the molecule is CN(C=S)n1ccnc1. The summed E-state index contributed by atoms with van der Waals surface area (Å²) >= 11 is 4.68. The summed E-state index contributed by atoms with van der Waals surface area (Å²) in [5, 5.41) is 1.75. The molecule has 0 atom stereocenters. The smallest absolute Gasteiger partial charge is 0.114 e. The van der Waals surface area contributed by atoms with E-state index < -0.39 is 0 Å². The Balaban J connectivity index is 2.76. The molecule has 1 aromatic rings. The van der Waals surface area contributed by atoms with Crippen LogP contribution >= 0.6 is 12.2 Å². The summed E-state index contributed by atoms with van der Waals surface area (Å²) in [6.07, 6.45) is 5.21. The van der Waals surface area contributed by atoms with Crippen molar-refractivity contribution in [1.82, 2.24) is 9.66 Å². The summed E-state index contributed by atoms with van der Waals surface area (Å²) in [5.74, 6) is 0. The average Bonchev–Trinajstić information content (AvgIpc) is 2.37. The van der Waals surface area contributed by atoms with Gasteiger partial charge in [-0.3, -0.25) is 5.01 Å². The van der Waals surface area contributed by atoms with Gasteiger partial charge in [0, 0.05) is 19.4 Å². The van der Waals surface area contributed by atoms with Crippen molar-refractivity contribution in [2.75, 3.05) is 12.1 Å². The van der Waals surface area contributed by atoms with Gasteiger partial charge in [-0.05, 0) is 0 Å². The minimum Gasteiger partial charge on any atom is -0.280 e. The Morgan fingerprint density at radius 1 is 1.78 bits per heavy atom. The Morgan fingerprint density at radius 3 is 3.00 bits per heavy atom. The molecule has 0 saturated heterocycles. The Bertz CT molecular complexity index is 182. The predicted molar refractivity (Wildman–Crippen MR) is 40.0 cm³/mol. The average molecular weight is 141 g/mol. The molecule has 1 rings (SSSR count). The summed E-state index contributed by atoms with van der Waals surface area (Å²) in [7, 11) is 1.86. The lowest BCUT2D eigenvalue weighted by atomic mass is 10.9. The molecule has 0 aromatic carbocycles. The zero-order chi connectivity index (χ0) is 6.69. The largest absolute Gasteiger partial charge is 0.280 e. The molecule has 0 spiro atoms. The lowest BCUT2D eigenvalue weighted by Gasteiger charge is -2.11. The van der Waals surface area contributed by atoms with Crippen LogP contribution in [-0.4, -0.2) is 22.2 Å². The molecule has 0 aliphatic heterocycles. The minimum atomic E-state index is 1.54. The molecule has 3 nitrogen and oxygen atoms in total. The maximum Gasteiger partial charge on any atom is 0.114 e. The fourth-order valence-corrected chi connectivity index (χ4v) is 0.602. The Hall–Kier alpha value is -0.900. The van der Waals surface area contributed by atoms with Crippen molar-refractivity contribution < 1.29 is 0 Å². The first-order chi connectivity index (χ1) is 4.34. The van der Waals surface area contributed by atoms with E-state index in [1.165, 1.54) is 0 Å². The van der Waals surface area contributed by atoms with Gasteiger partial charge in [0.2, 0.25) is 0 Å². The van der Waals surface area contributed by atoms with Crippen LogP contribution in [0.4, 0.5) is 0 Å². The fraction of sp³-hybridized carbons (Fsp3) is 0.200. The normalized spacial score (nSPS) is 9.00. The van der Waals surface area contributed by atoms with E-state index in [0.717, 1.165) is 0 Å². The topological polar surface area (TPSA) is 21.1 Å². The number of rotatable bonds is 2. The van der Waals surface area contributed by atoms with Crippen LogP contribution in [0.3, 0.4) is 0 Å². The van der Waals surface area contributed by atoms with E-state index in [-0.39, 0.29) is 0 Å². The molecule has 0 N–H and O–H groups in total. The molecular weight excluding hydrogens is 134 g/mol. The van der Waals surface area contributed by atoms with Crippen molar-refractivity contribution in [3.63, 3.8) is 0 Å². The first-order valence-electron chi connectivity index (χ1n) is 2.51. The van der Waals surface area contributed by atoms with Gasteiger partial charge in [-0.2, -0.15) is 0 Å². The first-order valence-corrected chi connectivity index (χ1v) is 2.98. The summed E-state index contributed by atoms with van der Waals surface area (Å²) in [5.41, 5.74) is 1.54. The van der Waals surface area contributed by atoms with Crippen molar-refractivity contribution >= 4 is 17.7 Å². The van der Waals surface area contributed by atoms with E-state index in [0.29, 0.717) is 0 Å². The molecule has 0 bridgehead atoms. The number of imidazole rings is 1. The third-order valence-electron chi connectivity index (χ3n) is 1.01. The summed E-state index contributed by atoms with van der Waals surface area (Å²) in [4.78, 5) is 3.85. The second kappa shape index (κ2) is 2.59. The molecule has 0 radical (unpaired) electrons. The highest BCUT2D eigenvalue weighted by atomic mass is 32.1. The van der Waals surface area contributed by atoms with Crippen LogP contribution in [0.15, 0.2) is 18.7 Å². The molecular formula is C5H7N3S. The number of aromatic nitrogens is 2. The standard InChI is InChI=1S/C5H7N3S/c1-7(5-9)8-3-2-6-4-8/h2-5H,1H3. The van der Waals surface area contributed by atoms with E-state index in [9.17, 15) is 0 Å². The van der Waals surface area contributed by atoms with Gasteiger partial charge >= 0.3 is 0 Å². The van der Waals surface area contributed by atoms with E-state index in [1.54, 1.807) is 27.7 Å². The second-order valence-electron chi connectivity index (χ2n) is 1.62. The number of hydrogen-bond donors (Lipinski definition) is 0. The van der Waals surface area contributed by atoms with Crippen LogP contribution < -0.4 is 5.01 Å². The van der Waals surface area contributed by atoms with Crippen molar-refractivity contribution in [1.29, 1.82) is 0 Å². The maximum absolute atomic E-state index is 4.68. The molecule has 0 fully saturated rings. The van der Waals surface area contributed by atoms with Gasteiger partial charge in [0.25, 0.3) is 0 Å². The minimum absolute atomic E-state index is 1.54. The fourth-order valence-electron chi connectivity index (χ4n) is 0.493. The molecule has 1 aromatic heterocycles. The van der Waals surface area contributed by atoms with Crippen LogP contribution in [0.5, 0.6) is 0 Å². The van der Waals surface area contributed by atoms with Crippen molar-refractivity contribution in [3.8, 4) is 0 Å². The highest BCUT2D eigenvalue weighted by Gasteiger charge is 1.88. The van der Waals surface area contributed by atoms with Crippen LogP contribution in [0.25, 0.3) is 0 Å². The second-order valence-corrected chi connectivity index (χ2v) is 1.83. The van der Waals surface area contributed by atoms with Crippen molar-refractivity contribution in [2.24, 2.45) is 0 Å². The van der Waals surface area contributed by atoms with Crippen LogP contribution in [0, 0.1) is 0 Å². The van der Waals surface area contributed by atoms with Gasteiger partial charge < -0.3 is 0 Å². The van der Waals surface area contributed by atoms with E-state index in [1.807, 2.05) is 13.2 Å². The van der Waals surface area contributed by atoms with Gasteiger partial charge in [0.15, 0.2) is 0 Å². The molecule has 9 heavy (non-hydrogen) atoms. The van der Waals surface area contributed by atoms with E-state index in [2.05, 4.69) is 17.2 Å². The lowest BCUT2D eigenvalue weighted by Crippen LogP contribution is -2.25. The molecule has 0 amide bonds. The number of thiocarbonyl (C=S) groups is 1. The quantitative estimate of drug-likeness (QED) is 0.556. The number of nitrogens with zero attached hydrogens (tertiary/aromatic N) is 3. The van der Waals surface area contributed by atoms with Gasteiger partial charge in [0.05, 0.1) is 5.49 Å². The van der Waals surface area contributed by atoms with Crippen molar-refractivity contribution in [3.05, 3.63) is 18.7 Å². The summed E-state index contributed by atoms with van der Waals surface area (Å²) < 4.78 is 1.78. The van der Waals surface area contributed by atoms with Crippen LogP contribution in [0.2, 0.25) is 0 Å². The summed E-state index contributed by atoms with van der Waals surface area (Å²) in [6.45, 7) is 0. The molecule has 0 aliphatic carbocycles. The van der Waals surface area contributed by atoms with Crippen LogP contribution in [0.1, 0.15) is 0 Å². The highest BCUT2D eigenvalue weighted by molar-refractivity contribution is 7.79. The van der Waals surface area contributed by atoms with E-state index in [4.69, 9.17) is 0 Å². The summed E-state index contributed by atoms with van der Waals surface area (Å²) in [6, 6.07) is 0.